The Kier molecular flexibility index (Phi) is 4.27. The van der Waals surface area contributed by atoms with E-state index in [1.807, 2.05) is 0 Å². The topological polar surface area (TPSA) is 51.0 Å². The number of hydrogen-bond acceptors (Lipinski definition) is 4. The summed E-state index contributed by atoms with van der Waals surface area (Å²) in [5.41, 5.74) is 0. The van der Waals surface area contributed by atoms with Gasteiger partial charge in [0.2, 0.25) is 5.91 Å². The number of nitrogens with zero attached hydrogens (tertiary/aromatic N) is 4. The zero-order valence-electron chi connectivity index (χ0n) is 14.9. The Hall–Kier alpha value is -1.04. The number of carbonyl (C=O) groups is 1. The Labute approximate surface area is 153 Å². The minimum atomic E-state index is 0.319. The van der Waals surface area contributed by atoms with Crippen molar-refractivity contribution in [1.29, 1.82) is 0 Å². The van der Waals surface area contributed by atoms with Crippen LogP contribution in [-0.2, 0) is 4.79 Å². The van der Waals surface area contributed by atoms with E-state index >= 15 is 0 Å². The SMILES string of the molecule is O=C(CSc1nnc(C2CC2)n1C1CC1)N1CCC[C@H]2CCCC[C@@H]21. The van der Waals surface area contributed by atoms with Crippen molar-refractivity contribution in [3.63, 3.8) is 0 Å². The van der Waals surface area contributed by atoms with Crippen LogP contribution >= 0.6 is 11.8 Å². The number of rotatable bonds is 5. The standard InChI is InChI=1S/C19H28N4OS/c24-17(22-11-3-5-13-4-1-2-6-16(13)22)12-25-19-21-20-18(14-7-8-14)23(19)15-9-10-15/h13-16H,1-12H2/t13-,16+/m1/s1. The number of aromatic nitrogens is 3. The van der Waals surface area contributed by atoms with Gasteiger partial charge in [0.25, 0.3) is 0 Å². The van der Waals surface area contributed by atoms with Crippen molar-refractivity contribution < 1.29 is 4.79 Å². The van der Waals surface area contributed by atoms with Gasteiger partial charge in [0, 0.05) is 24.5 Å². The molecule has 1 aromatic heterocycles. The molecule has 0 radical (unpaired) electrons. The van der Waals surface area contributed by atoms with Gasteiger partial charge in [0.1, 0.15) is 5.82 Å². The van der Waals surface area contributed by atoms with E-state index in [2.05, 4.69) is 19.7 Å². The maximum absolute atomic E-state index is 12.9. The van der Waals surface area contributed by atoms with Gasteiger partial charge in [-0.15, -0.1) is 10.2 Å². The number of fused-ring (bicyclic) bond motifs is 1. The number of piperidine rings is 1. The molecule has 0 spiro atoms. The summed E-state index contributed by atoms with van der Waals surface area (Å²) in [6.45, 7) is 0.962. The molecule has 1 amide bonds. The molecule has 0 bridgehead atoms. The van der Waals surface area contributed by atoms with Crippen molar-refractivity contribution in [2.24, 2.45) is 5.92 Å². The summed E-state index contributed by atoms with van der Waals surface area (Å²) in [5, 5.41) is 9.89. The van der Waals surface area contributed by atoms with Crippen LogP contribution in [0.3, 0.4) is 0 Å². The van der Waals surface area contributed by atoms with E-state index < -0.39 is 0 Å². The van der Waals surface area contributed by atoms with Crippen LogP contribution in [0.1, 0.15) is 82.0 Å². The third kappa shape index (κ3) is 3.22. The zero-order valence-corrected chi connectivity index (χ0v) is 15.7. The molecule has 5 nitrogen and oxygen atoms in total. The van der Waals surface area contributed by atoms with Gasteiger partial charge in [0.15, 0.2) is 5.16 Å². The first-order valence-electron chi connectivity index (χ1n) is 10.2. The van der Waals surface area contributed by atoms with Crippen LogP contribution in [0.15, 0.2) is 5.16 Å². The van der Waals surface area contributed by atoms with Gasteiger partial charge >= 0.3 is 0 Å². The number of thioether (sulfide) groups is 1. The lowest BCUT2D eigenvalue weighted by atomic mass is 9.78. The number of carbonyl (C=O) groups excluding carboxylic acids is 1. The summed E-state index contributed by atoms with van der Waals surface area (Å²) < 4.78 is 2.36. The number of hydrogen-bond donors (Lipinski definition) is 0. The van der Waals surface area contributed by atoms with Gasteiger partial charge in [0.05, 0.1) is 5.75 Å². The van der Waals surface area contributed by atoms with Gasteiger partial charge in [-0.05, 0) is 57.3 Å². The highest BCUT2D eigenvalue weighted by Gasteiger charge is 2.38. The predicted octanol–water partition coefficient (Wildman–Crippen LogP) is 3.76. The van der Waals surface area contributed by atoms with E-state index in [4.69, 9.17) is 0 Å². The highest BCUT2D eigenvalue weighted by molar-refractivity contribution is 7.99. The van der Waals surface area contributed by atoms with Crippen molar-refractivity contribution in [3.05, 3.63) is 5.82 Å². The van der Waals surface area contributed by atoms with Gasteiger partial charge in [-0.25, -0.2) is 0 Å². The quantitative estimate of drug-likeness (QED) is 0.750. The molecule has 4 aliphatic rings. The van der Waals surface area contributed by atoms with Gasteiger partial charge in [-0.3, -0.25) is 4.79 Å². The lowest BCUT2D eigenvalue weighted by Gasteiger charge is -2.44. The largest absolute Gasteiger partial charge is 0.339 e. The maximum atomic E-state index is 12.9. The molecule has 25 heavy (non-hydrogen) atoms. The van der Waals surface area contributed by atoms with Gasteiger partial charge in [-0.1, -0.05) is 24.6 Å². The van der Waals surface area contributed by atoms with Crippen molar-refractivity contribution in [2.45, 2.75) is 87.4 Å². The van der Waals surface area contributed by atoms with Crippen molar-refractivity contribution in [1.82, 2.24) is 19.7 Å². The molecule has 6 heteroatoms. The van der Waals surface area contributed by atoms with E-state index in [-0.39, 0.29) is 0 Å². The molecule has 0 aromatic carbocycles. The van der Waals surface area contributed by atoms with E-state index in [1.165, 1.54) is 70.0 Å². The summed E-state index contributed by atoms with van der Waals surface area (Å²) in [6, 6.07) is 1.11. The Bertz CT molecular complexity index is 650. The Morgan fingerprint density at radius 2 is 1.80 bits per heavy atom. The van der Waals surface area contributed by atoms with Crippen LogP contribution in [0.2, 0.25) is 0 Å². The van der Waals surface area contributed by atoms with E-state index in [1.54, 1.807) is 11.8 Å². The van der Waals surface area contributed by atoms with Crippen molar-refractivity contribution in [3.8, 4) is 0 Å². The first-order valence-corrected chi connectivity index (χ1v) is 11.2. The highest BCUT2D eigenvalue weighted by atomic mass is 32.2. The summed E-state index contributed by atoms with van der Waals surface area (Å²) in [7, 11) is 0. The Morgan fingerprint density at radius 1 is 1.00 bits per heavy atom. The van der Waals surface area contributed by atoms with Gasteiger partial charge in [-0.2, -0.15) is 0 Å². The number of amides is 1. The average molecular weight is 361 g/mol. The molecule has 3 saturated carbocycles. The molecule has 3 aliphatic carbocycles. The molecule has 4 fully saturated rings. The summed E-state index contributed by atoms with van der Waals surface area (Å²) >= 11 is 1.62. The molecule has 1 aliphatic heterocycles. The Morgan fingerprint density at radius 3 is 2.60 bits per heavy atom. The molecular weight excluding hydrogens is 332 g/mol. The van der Waals surface area contributed by atoms with Crippen molar-refractivity contribution >= 4 is 17.7 Å². The number of likely N-dealkylation sites (tertiary alicyclic amines) is 1. The molecule has 136 valence electrons. The normalized spacial score (nSPS) is 29.5. The second kappa shape index (κ2) is 6.60. The summed E-state index contributed by atoms with van der Waals surface area (Å²) in [6.07, 6.45) is 12.7. The fraction of sp³-hybridized carbons (Fsp3) is 0.842. The summed E-state index contributed by atoms with van der Waals surface area (Å²) in [4.78, 5) is 15.1. The van der Waals surface area contributed by atoms with Crippen molar-refractivity contribution in [2.75, 3.05) is 12.3 Å². The molecular formula is C19H28N4OS. The van der Waals surface area contributed by atoms with Crippen LogP contribution < -0.4 is 0 Å². The summed E-state index contributed by atoms with van der Waals surface area (Å²) in [5.74, 6) is 3.41. The minimum Gasteiger partial charge on any atom is -0.339 e. The molecule has 0 unspecified atom stereocenters. The fourth-order valence-electron chi connectivity index (χ4n) is 4.83. The smallest absolute Gasteiger partial charge is 0.233 e. The third-order valence-electron chi connectivity index (χ3n) is 6.43. The lowest BCUT2D eigenvalue weighted by molar-refractivity contribution is -0.134. The maximum Gasteiger partial charge on any atom is 0.233 e. The fourth-order valence-corrected chi connectivity index (χ4v) is 5.72. The third-order valence-corrected chi connectivity index (χ3v) is 7.36. The minimum absolute atomic E-state index is 0.319. The lowest BCUT2D eigenvalue weighted by Crippen LogP contribution is -2.50. The van der Waals surface area contributed by atoms with Crippen LogP contribution in [0.5, 0.6) is 0 Å². The molecule has 2 atom stereocenters. The monoisotopic (exact) mass is 360 g/mol. The molecule has 2 heterocycles. The molecule has 5 rings (SSSR count). The molecule has 1 aromatic rings. The second-order valence-electron chi connectivity index (χ2n) is 8.35. The van der Waals surface area contributed by atoms with Crippen LogP contribution in [0, 0.1) is 5.92 Å². The van der Waals surface area contributed by atoms with Crippen LogP contribution in [-0.4, -0.2) is 43.9 Å². The van der Waals surface area contributed by atoms with E-state index in [9.17, 15) is 4.79 Å². The first-order chi connectivity index (χ1) is 12.3. The molecule has 0 N–H and O–H groups in total. The molecule has 1 saturated heterocycles. The second-order valence-corrected chi connectivity index (χ2v) is 9.29. The zero-order chi connectivity index (χ0) is 16.8. The van der Waals surface area contributed by atoms with Crippen LogP contribution in [0.4, 0.5) is 0 Å². The predicted molar refractivity (Wildman–Crippen MR) is 97.7 cm³/mol. The highest BCUT2D eigenvalue weighted by Crippen LogP contribution is 2.46. The average Bonchev–Trinajstić information content (AvgIpc) is 3.58. The Balaban J connectivity index is 1.26. The first kappa shape index (κ1) is 16.2. The van der Waals surface area contributed by atoms with E-state index in [0.717, 1.165) is 17.6 Å². The van der Waals surface area contributed by atoms with Crippen LogP contribution in [0.25, 0.3) is 0 Å². The van der Waals surface area contributed by atoms with E-state index in [0.29, 0.717) is 29.7 Å². The van der Waals surface area contributed by atoms with Gasteiger partial charge < -0.3 is 9.47 Å².